The molecule has 7 heteroatoms. The highest BCUT2D eigenvalue weighted by Gasteiger charge is 2.27. The molecule has 0 aliphatic rings. The van der Waals surface area contributed by atoms with Crippen LogP contribution in [0.15, 0.2) is 24.5 Å². The number of aromatic nitrogens is 5. The zero-order chi connectivity index (χ0) is 15.2. The Kier molecular flexibility index (Phi) is 4.97. The molecule has 1 N–H and O–H groups in total. The summed E-state index contributed by atoms with van der Waals surface area (Å²) in [6.07, 6.45) is 5.71. The summed E-state index contributed by atoms with van der Waals surface area (Å²) in [5, 5.41) is 25.2. The van der Waals surface area contributed by atoms with Gasteiger partial charge in [0, 0.05) is 29.9 Å². The Morgan fingerprint density at radius 2 is 2.14 bits per heavy atom. The molecule has 0 unspecified atom stereocenters. The van der Waals surface area contributed by atoms with Crippen molar-refractivity contribution in [2.45, 2.75) is 32.1 Å². The number of H-pyrrole nitrogens is 1. The van der Waals surface area contributed by atoms with E-state index in [0.717, 1.165) is 12.0 Å². The number of carbonyl (C=O) groups excluding carboxylic acids is 1. The molecule has 0 amide bonds. The van der Waals surface area contributed by atoms with Crippen LogP contribution in [0.1, 0.15) is 37.1 Å². The summed E-state index contributed by atoms with van der Waals surface area (Å²) in [5.74, 6) is -1.50. The van der Waals surface area contributed by atoms with E-state index in [1.165, 1.54) is 0 Å². The van der Waals surface area contributed by atoms with Gasteiger partial charge in [0.05, 0.1) is 0 Å². The van der Waals surface area contributed by atoms with Crippen molar-refractivity contribution in [1.82, 2.24) is 20.6 Å². The minimum Gasteiger partial charge on any atom is -0.550 e. The zero-order valence-electron chi connectivity index (χ0n) is 12.2. The fourth-order valence-corrected chi connectivity index (χ4v) is 2.47. The van der Waals surface area contributed by atoms with E-state index in [9.17, 15) is 9.90 Å². The summed E-state index contributed by atoms with van der Waals surface area (Å²) in [4.78, 5) is 11.5. The summed E-state index contributed by atoms with van der Waals surface area (Å²) in [5.41, 5.74) is 1.04. The predicted molar refractivity (Wildman–Crippen MR) is 71.6 cm³/mol. The summed E-state index contributed by atoms with van der Waals surface area (Å²) >= 11 is 0. The van der Waals surface area contributed by atoms with E-state index < -0.39 is 11.9 Å². The van der Waals surface area contributed by atoms with Gasteiger partial charge in [-0.05, 0) is 28.8 Å². The molecule has 2 rings (SSSR count). The second-order valence-electron chi connectivity index (χ2n) is 5.18. The Bertz CT molecular complexity index is 568. The molecule has 0 bridgehead atoms. The lowest BCUT2D eigenvalue weighted by Crippen LogP contribution is -2.36. The third-order valence-corrected chi connectivity index (χ3v) is 3.60. The van der Waals surface area contributed by atoms with E-state index in [1.807, 2.05) is 43.1 Å². The molecule has 0 aliphatic carbocycles. The van der Waals surface area contributed by atoms with Crippen molar-refractivity contribution in [3.05, 3.63) is 35.9 Å². The molecule has 7 nitrogen and oxygen atoms in total. The van der Waals surface area contributed by atoms with E-state index in [2.05, 4.69) is 20.6 Å². The maximum atomic E-state index is 11.5. The summed E-state index contributed by atoms with van der Waals surface area (Å²) in [6.45, 7) is 1.95. The van der Waals surface area contributed by atoms with Gasteiger partial charge in [-0.15, -0.1) is 5.10 Å². The van der Waals surface area contributed by atoms with Gasteiger partial charge < -0.3 is 9.90 Å². The first-order valence-electron chi connectivity index (χ1n) is 7.00. The number of rotatable bonds is 7. The van der Waals surface area contributed by atoms with Gasteiger partial charge in [0.1, 0.15) is 7.05 Å². The highest BCUT2D eigenvalue weighted by molar-refractivity contribution is 5.69. The lowest BCUT2D eigenvalue weighted by molar-refractivity contribution is -0.671. The zero-order valence-corrected chi connectivity index (χ0v) is 12.2. The number of carboxylic acids is 1. The van der Waals surface area contributed by atoms with Crippen molar-refractivity contribution >= 4 is 5.97 Å². The van der Waals surface area contributed by atoms with Crippen LogP contribution in [0.2, 0.25) is 0 Å². The fraction of sp³-hybridized carbons (Fsp3) is 0.500. The number of pyridine rings is 1. The molecule has 2 atom stereocenters. The molecule has 112 valence electrons. The van der Waals surface area contributed by atoms with Crippen LogP contribution in [0, 0.1) is 5.92 Å². The normalized spacial score (nSPS) is 13.8. The molecule has 0 aromatic carbocycles. The lowest BCUT2D eigenvalue weighted by Gasteiger charge is -2.25. The third-order valence-electron chi connectivity index (χ3n) is 3.60. The van der Waals surface area contributed by atoms with Gasteiger partial charge in [0.15, 0.2) is 18.2 Å². The largest absolute Gasteiger partial charge is 0.550 e. The topological polar surface area (TPSA) is 98.5 Å². The van der Waals surface area contributed by atoms with E-state index in [4.69, 9.17) is 0 Å². The number of carboxylic acid groups (broad SMARTS) is 1. The van der Waals surface area contributed by atoms with Crippen molar-refractivity contribution in [2.75, 3.05) is 0 Å². The first-order chi connectivity index (χ1) is 10.1. The number of carbonyl (C=O) groups is 1. The molecule has 0 saturated carbocycles. The van der Waals surface area contributed by atoms with Crippen LogP contribution in [-0.4, -0.2) is 26.6 Å². The number of nitrogens with zero attached hydrogens (tertiary/aromatic N) is 4. The van der Waals surface area contributed by atoms with Crippen molar-refractivity contribution in [3.8, 4) is 0 Å². The summed E-state index contributed by atoms with van der Waals surface area (Å²) in [6, 6.07) is 3.93. The van der Waals surface area contributed by atoms with Gasteiger partial charge in [-0.3, -0.25) is 0 Å². The number of nitrogens with one attached hydrogen (secondary N) is 1. The Hall–Kier alpha value is -2.31. The van der Waals surface area contributed by atoms with Gasteiger partial charge in [0.25, 0.3) is 0 Å². The lowest BCUT2D eigenvalue weighted by atomic mass is 9.83. The van der Waals surface area contributed by atoms with Gasteiger partial charge in [-0.2, -0.15) is 0 Å². The first kappa shape index (κ1) is 15.1. The quantitative estimate of drug-likeness (QED) is 0.694. The number of aliphatic carboxylic acids is 1. The number of aromatic amines is 1. The second kappa shape index (κ2) is 6.92. The van der Waals surface area contributed by atoms with Gasteiger partial charge in [-0.1, -0.05) is 13.3 Å². The van der Waals surface area contributed by atoms with Gasteiger partial charge in [-0.25, -0.2) is 9.67 Å². The smallest absolute Gasteiger partial charge is 0.168 e. The standard InChI is InChI=1S/C14H19N5O2/c1-3-4-11(14(20)21)12(13-15-17-18-16-13)9-10-5-7-19(2)8-6-10/h5-8,11-12H,3-4,9H2,1-2H3,(H-,15,16,17,18,20,21)/t11-,12-/m0/s1. The van der Waals surface area contributed by atoms with Crippen LogP contribution < -0.4 is 9.67 Å². The molecule has 2 heterocycles. The molecule has 0 aliphatic heterocycles. The Labute approximate surface area is 123 Å². The fourth-order valence-electron chi connectivity index (χ4n) is 2.47. The number of tetrazole rings is 1. The van der Waals surface area contributed by atoms with Crippen molar-refractivity contribution < 1.29 is 14.5 Å². The molecule has 0 fully saturated rings. The maximum absolute atomic E-state index is 11.5. The van der Waals surface area contributed by atoms with E-state index in [-0.39, 0.29) is 5.92 Å². The monoisotopic (exact) mass is 289 g/mol. The van der Waals surface area contributed by atoms with E-state index in [0.29, 0.717) is 18.7 Å². The van der Waals surface area contributed by atoms with Crippen molar-refractivity contribution in [3.63, 3.8) is 0 Å². The molecule has 0 radical (unpaired) electrons. The molecular formula is C14H19N5O2. The Balaban J connectivity index is 2.27. The summed E-state index contributed by atoms with van der Waals surface area (Å²) in [7, 11) is 1.93. The van der Waals surface area contributed by atoms with Crippen molar-refractivity contribution in [1.29, 1.82) is 0 Å². The number of aryl methyl sites for hydroxylation is 1. The van der Waals surface area contributed by atoms with Crippen LogP contribution in [0.25, 0.3) is 0 Å². The van der Waals surface area contributed by atoms with Gasteiger partial charge >= 0.3 is 0 Å². The minimum atomic E-state index is -1.06. The SMILES string of the molecule is CCC[C@H](C(=O)[O-])[C@H](Cc1cc[n+](C)cc1)c1nnn[nH]1. The highest BCUT2D eigenvalue weighted by atomic mass is 16.4. The van der Waals surface area contributed by atoms with Crippen LogP contribution in [0.3, 0.4) is 0 Å². The summed E-state index contributed by atoms with van der Waals surface area (Å²) < 4.78 is 1.93. The van der Waals surface area contributed by atoms with Crippen LogP contribution in [0.4, 0.5) is 0 Å². The molecule has 0 spiro atoms. The maximum Gasteiger partial charge on any atom is 0.168 e. The van der Waals surface area contributed by atoms with Crippen LogP contribution in [-0.2, 0) is 18.3 Å². The average Bonchev–Trinajstić information content (AvgIpc) is 2.98. The average molecular weight is 289 g/mol. The second-order valence-corrected chi connectivity index (χ2v) is 5.18. The van der Waals surface area contributed by atoms with Crippen LogP contribution in [0.5, 0.6) is 0 Å². The predicted octanol–water partition coefficient (Wildman–Crippen LogP) is -0.483. The van der Waals surface area contributed by atoms with E-state index >= 15 is 0 Å². The molecule has 2 aromatic heterocycles. The minimum absolute atomic E-state index is 0.322. The molecule has 21 heavy (non-hydrogen) atoms. The Morgan fingerprint density at radius 3 is 2.67 bits per heavy atom. The number of hydrogen-bond donors (Lipinski definition) is 1. The van der Waals surface area contributed by atoms with E-state index in [1.54, 1.807) is 0 Å². The van der Waals surface area contributed by atoms with Gasteiger partial charge in [0.2, 0.25) is 0 Å². The molecule has 2 aromatic rings. The number of hydrogen-bond acceptors (Lipinski definition) is 5. The Morgan fingerprint density at radius 1 is 1.43 bits per heavy atom. The highest BCUT2D eigenvalue weighted by Crippen LogP contribution is 2.28. The van der Waals surface area contributed by atoms with Crippen molar-refractivity contribution in [2.24, 2.45) is 13.0 Å². The molecule has 0 saturated heterocycles. The first-order valence-corrected chi connectivity index (χ1v) is 7.00. The molecular weight excluding hydrogens is 270 g/mol. The third kappa shape index (κ3) is 3.84. The van der Waals surface area contributed by atoms with Crippen LogP contribution >= 0.6 is 0 Å².